The van der Waals surface area contributed by atoms with E-state index in [2.05, 4.69) is 9.71 Å². The Hall–Kier alpha value is -1.84. The lowest BCUT2D eigenvalue weighted by Gasteiger charge is -2.15. The number of nitro groups is 1. The molecule has 2 heterocycles. The number of nitrogens with one attached hydrogen (secondary N) is 1. The topological polar surface area (TPSA) is 102 Å². The third-order valence-corrected chi connectivity index (χ3v) is 5.25. The molecule has 0 fully saturated rings. The van der Waals surface area contributed by atoms with Gasteiger partial charge in [-0.05, 0) is 33.8 Å². The molecule has 0 saturated heterocycles. The second-order valence-corrected chi connectivity index (χ2v) is 6.90. The summed E-state index contributed by atoms with van der Waals surface area (Å²) in [4.78, 5) is 14.2. The molecule has 0 aromatic carbocycles. The van der Waals surface area contributed by atoms with Gasteiger partial charge in [0, 0.05) is 10.9 Å². The van der Waals surface area contributed by atoms with Gasteiger partial charge < -0.3 is 10.1 Å². The van der Waals surface area contributed by atoms with Crippen molar-refractivity contribution < 1.29 is 13.3 Å². The Balaban J connectivity index is 2.23. The van der Waals surface area contributed by atoms with E-state index in [0.717, 1.165) is 17.1 Å². The predicted molar refractivity (Wildman–Crippen MR) is 78.6 cm³/mol. The molecule has 2 rings (SSSR count). The fourth-order valence-electron chi connectivity index (χ4n) is 1.73. The van der Waals surface area contributed by atoms with Gasteiger partial charge in [0.1, 0.15) is 4.90 Å². The summed E-state index contributed by atoms with van der Waals surface area (Å²) in [5.74, 6) is -0.390. The molecule has 0 amide bonds. The minimum Gasteiger partial charge on any atom is -0.358 e. The van der Waals surface area contributed by atoms with Crippen LogP contribution in [0.1, 0.15) is 24.3 Å². The van der Waals surface area contributed by atoms with Crippen LogP contribution in [-0.2, 0) is 10.0 Å². The van der Waals surface area contributed by atoms with Gasteiger partial charge in [-0.15, -0.1) is 11.3 Å². The number of nitrogens with zero attached hydrogens (tertiary/aromatic N) is 2. The van der Waals surface area contributed by atoms with Crippen molar-refractivity contribution in [1.82, 2.24) is 9.71 Å². The predicted octanol–water partition coefficient (Wildman–Crippen LogP) is 2.48. The maximum absolute atomic E-state index is 12.3. The number of thiophene rings is 1. The van der Waals surface area contributed by atoms with Crippen molar-refractivity contribution in [2.45, 2.75) is 24.3 Å². The summed E-state index contributed by atoms with van der Waals surface area (Å²) in [6, 6.07) is 5.62. The molecule has 2 aromatic rings. The molecule has 112 valence electrons. The molecule has 0 aliphatic carbocycles. The van der Waals surface area contributed by atoms with Gasteiger partial charge in [-0.3, -0.25) is 0 Å². The normalized spacial score (nSPS) is 13.0. The Labute approximate surface area is 125 Å². The van der Waals surface area contributed by atoms with Crippen molar-refractivity contribution >= 4 is 27.2 Å². The van der Waals surface area contributed by atoms with Gasteiger partial charge in [-0.1, -0.05) is 13.0 Å². The van der Waals surface area contributed by atoms with Gasteiger partial charge in [-0.2, -0.15) is 0 Å². The highest BCUT2D eigenvalue weighted by molar-refractivity contribution is 7.89. The third kappa shape index (κ3) is 3.63. The average molecular weight is 327 g/mol. The number of aromatic nitrogens is 1. The zero-order valence-corrected chi connectivity index (χ0v) is 12.7. The van der Waals surface area contributed by atoms with Crippen LogP contribution in [-0.4, -0.2) is 18.3 Å². The summed E-state index contributed by atoms with van der Waals surface area (Å²) >= 11 is 1.47. The highest BCUT2D eigenvalue weighted by atomic mass is 32.2. The summed E-state index contributed by atoms with van der Waals surface area (Å²) in [5, 5.41) is 12.4. The lowest BCUT2D eigenvalue weighted by Crippen LogP contribution is -2.27. The van der Waals surface area contributed by atoms with Gasteiger partial charge >= 0.3 is 5.82 Å². The number of sulfonamides is 1. The highest BCUT2D eigenvalue weighted by Gasteiger charge is 2.23. The lowest BCUT2D eigenvalue weighted by atomic mass is 10.2. The van der Waals surface area contributed by atoms with Crippen LogP contribution in [0.25, 0.3) is 0 Å². The zero-order valence-electron chi connectivity index (χ0n) is 11.1. The van der Waals surface area contributed by atoms with Crippen molar-refractivity contribution in [3.8, 4) is 0 Å². The Kier molecular flexibility index (Phi) is 4.66. The Morgan fingerprint density at radius 2 is 2.19 bits per heavy atom. The molecule has 1 atom stereocenters. The van der Waals surface area contributed by atoms with Crippen molar-refractivity contribution in [2.24, 2.45) is 0 Å². The van der Waals surface area contributed by atoms with E-state index in [1.807, 2.05) is 24.4 Å². The molecule has 0 radical (unpaired) electrons. The number of hydrogen-bond donors (Lipinski definition) is 1. The van der Waals surface area contributed by atoms with Gasteiger partial charge in [0.15, 0.2) is 6.20 Å². The van der Waals surface area contributed by atoms with Crippen molar-refractivity contribution in [2.75, 3.05) is 0 Å². The first-order valence-electron chi connectivity index (χ1n) is 6.10. The molecule has 21 heavy (non-hydrogen) atoms. The number of hydrogen-bond acceptors (Lipinski definition) is 6. The zero-order chi connectivity index (χ0) is 15.5. The number of pyridine rings is 1. The molecule has 0 spiro atoms. The maximum atomic E-state index is 12.3. The molecule has 0 aliphatic rings. The molecule has 9 heteroatoms. The van der Waals surface area contributed by atoms with E-state index in [4.69, 9.17) is 0 Å². The first-order valence-corrected chi connectivity index (χ1v) is 8.46. The average Bonchev–Trinajstić information content (AvgIpc) is 2.99. The van der Waals surface area contributed by atoms with Gasteiger partial charge in [-0.25, -0.2) is 13.1 Å². The van der Waals surface area contributed by atoms with Crippen LogP contribution in [0, 0.1) is 10.1 Å². The number of rotatable bonds is 6. The minimum atomic E-state index is -3.77. The standard InChI is InChI=1S/C12H13N3O4S2/c1-2-10(11-4-3-7-20-11)14-21(18,19)9-5-6-12(13-8-9)15(16)17/h3-8,10,14H,2H2,1H3/t10-/m1/s1. The van der Waals surface area contributed by atoms with Crippen LogP contribution in [0.5, 0.6) is 0 Å². The van der Waals surface area contributed by atoms with Crippen LogP contribution in [0.15, 0.2) is 40.7 Å². The smallest absolute Gasteiger partial charge is 0.358 e. The van der Waals surface area contributed by atoms with E-state index in [1.54, 1.807) is 0 Å². The van der Waals surface area contributed by atoms with Crippen LogP contribution in [0.3, 0.4) is 0 Å². The van der Waals surface area contributed by atoms with Crippen molar-refractivity contribution in [3.05, 3.63) is 50.8 Å². The fourth-order valence-corrected chi connectivity index (χ4v) is 3.91. The summed E-state index contributed by atoms with van der Waals surface area (Å²) in [7, 11) is -3.77. The second-order valence-electron chi connectivity index (χ2n) is 4.21. The summed E-state index contributed by atoms with van der Waals surface area (Å²) < 4.78 is 27.1. The maximum Gasteiger partial charge on any atom is 0.363 e. The lowest BCUT2D eigenvalue weighted by molar-refractivity contribution is -0.389. The van der Waals surface area contributed by atoms with Crippen LogP contribution >= 0.6 is 11.3 Å². The van der Waals surface area contributed by atoms with E-state index < -0.39 is 14.9 Å². The van der Waals surface area contributed by atoms with E-state index in [0.29, 0.717) is 6.42 Å². The monoisotopic (exact) mass is 327 g/mol. The van der Waals surface area contributed by atoms with Gasteiger partial charge in [0.25, 0.3) is 0 Å². The molecule has 0 bridgehead atoms. The quantitative estimate of drug-likeness (QED) is 0.648. The van der Waals surface area contributed by atoms with Gasteiger partial charge in [0.2, 0.25) is 10.0 Å². The molecule has 2 aromatic heterocycles. The first-order chi connectivity index (χ1) is 9.94. The van der Waals surface area contributed by atoms with E-state index in [9.17, 15) is 18.5 Å². The van der Waals surface area contributed by atoms with Crippen molar-refractivity contribution in [3.63, 3.8) is 0 Å². The van der Waals surface area contributed by atoms with E-state index in [1.165, 1.54) is 17.4 Å². The second kappa shape index (κ2) is 6.29. The SMILES string of the molecule is CC[C@@H](NS(=O)(=O)c1ccc([N+](=O)[O-])nc1)c1cccs1. The van der Waals surface area contributed by atoms with Crippen molar-refractivity contribution in [1.29, 1.82) is 0 Å². The Morgan fingerprint density at radius 3 is 2.67 bits per heavy atom. The molecular weight excluding hydrogens is 314 g/mol. The summed E-state index contributed by atoms with van der Waals surface area (Å²) in [6.45, 7) is 1.88. The van der Waals surface area contributed by atoms with E-state index >= 15 is 0 Å². The van der Waals surface area contributed by atoms with Gasteiger partial charge in [0.05, 0.1) is 6.04 Å². The van der Waals surface area contributed by atoms with Crippen LogP contribution < -0.4 is 4.72 Å². The highest BCUT2D eigenvalue weighted by Crippen LogP contribution is 2.24. The summed E-state index contributed by atoms with van der Waals surface area (Å²) in [6.07, 6.45) is 1.59. The third-order valence-electron chi connectivity index (χ3n) is 2.81. The largest absolute Gasteiger partial charge is 0.363 e. The van der Waals surface area contributed by atoms with Crippen LogP contribution in [0.4, 0.5) is 5.82 Å². The molecule has 7 nitrogen and oxygen atoms in total. The minimum absolute atomic E-state index is 0.0943. The Bertz CT molecular complexity index is 711. The first kappa shape index (κ1) is 15.5. The summed E-state index contributed by atoms with van der Waals surface area (Å²) in [5.41, 5.74) is 0. The fraction of sp³-hybridized carbons (Fsp3) is 0.250. The molecular formula is C12H13N3O4S2. The molecule has 0 saturated carbocycles. The molecule has 1 N–H and O–H groups in total. The Morgan fingerprint density at radius 1 is 1.43 bits per heavy atom. The molecule has 0 aliphatic heterocycles. The van der Waals surface area contributed by atoms with Crippen LogP contribution in [0.2, 0.25) is 0 Å². The van der Waals surface area contributed by atoms with E-state index in [-0.39, 0.29) is 16.8 Å². The molecule has 0 unspecified atom stereocenters.